The Hall–Kier alpha value is -2.34. The maximum Gasteiger partial charge on any atom is 0.417 e. The van der Waals surface area contributed by atoms with Crippen LogP contribution in [0.15, 0.2) is 30.3 Å². The van der Waals surface area contributed by atoms with Gasteiger partial charge in [0.15, 0.2) is 6.61 Å². The second-order valence-electron chi connectivity index (χ2n) is 5.55. The second-order valence-corrected chi connectivity index (χ2v) is 5.99. The van der Waals surface area contributed by atoms with E-state index in [4.69, 9.17) is 11.6 Å². The van der Waals surface area contributed by atoms with E-state index in [1.54, 1.807) is 23.1 Å². The van der Waals surface area contributed by atoms with Gasteiger partial charge < -0.3 is 9.64 Å². The number of rotatable bonds is 4. The van der Waals surface area contributed by atoms with Gasteiger partial charge in [-0.25, -0.2) is 9.69 Å². The molecule has 1 aromatic rings. The summed E-state index contributed by atoms with van der Waals surface area (Å²) in [5.41, 5.74) is 0.894. The number of amides is 3. The van der Waals surface area contributed by atoms with E-state index in [-0.39, 0.29) is 24.3 Å². The fourth-order valence-electron chi connectivity index (χ4n) is 2.53. The Bertz CT molecular complexity index is 649. The molecule has 3 rings (SSSR count). The fourth-order valence-corrected chi connectivity index (χ4v) is 2.65. The van der Waals surface area contributed by atoms with Crippen molar-refractivity contribution in [2.24, 2.45) is 5.92 Å². The molecule has 0 atom stereocenters. The van der Waals surface area contributed by atoms with Crippen LogP contribution in [0.5, 0.6) is 0 Å². The van der Waals surface area contributed by atoms with Crippen LogP contribution < -0.4 is 0 Å². The van der Waals surface area contributed by atoms with Crippen molar-refractivity contribution in [1.82, 2.24) is 9.80 Å². The molecular formula is C16H15ClN2O4. The van der Waals surface area contributed by atoms with E-state index in [1.807, 2.05) is 12.1 Å². The molecule has 0 radical (unpaired) electrons. The minimum Gasteiger partial charge on any atom is -0.439 e. The van der Waals surface area contributed by atoms with Gasteiger partial charge in [0.2, 0.25) is 5.91 Å². The lowest BCUT2D eigenvalue weighted by atomic mass is 9.99. The lowest BCUT2D eigenvalue weighted by Gasteiger charge is -2.39. The number of hydrogen-bond donors (Lipinski definition) is 0. The second kappa shape index (κ2) is 6.42. The van der Waals surface area contributed by atoms with Crippen LogP contribution in [0.25, 0.3) is 6.08 Å². The summed E-state index contributed by atoms with van der Waals surface area (Å²) in [4.78, 5) is 37.6. The summed E-state index contributed by atoms with van der Waals surface area (Å²) in [7, 11) is 0. The fraction of sp³-hybridized carbons (Fsp3) is 0.312. The van der Waals surface area contributed by atoms with Crippen molar-refractivity contribution in [3.63, 3.8) is 0 Å². The summed E-state index contributed by atoms with van der Waals surface area (Å²) in [6.45, 7) is 1.18. The van der Waals surface area contributed by atoms with Crippen molar-refractivity contribution in [3.8, 4) is 0 Å². The van der Waals surface area contributed by atoms with Gasteiger partial charge in [-0.05, 0) is 23.8 Å². The van der Waals surface area contributed by atoms with Gasteiger partial charge in [-0.1, -0.05) is 23.7 Å². The highest BCUT2D eigenvalue weighted by Crippen LogP contribution is 2.20. The summed E-state index contributed by atoms with van der Waals surface area (Å²) < 4.78 is 4.65. The number of carbonyl (C=O) groups is 3. The standard InChI is InChI=1S/C16H15ClN2O4/c17-13-4-1-11(2-5-13)3-6-14(20)18-7-12(8-18)9-19-15(21)10-23-16(19)22/h1-6,12H,7-10H2/b6-3+. The van der Waals surface area contributed by atoms with Crippen molar-refractivity contribution in [2.75, 3.05) is 26.2 Å². The highest BCUT2D eigenvalue weighted by molar-refractivity contribution is 6.30. The van der Waals surface area contributed by atoms with Gasteiger partial charge in [-0.15, -0.1) is 0 Å². The van der Waals surface area contributed by atoms with Crippen molar-refractivity contribution >= 4 is 35.6 Å². The van der Waals surface area contributed by atoms with Gasteiger partial charge in [0.05, 0.1) is 0 Å². The lowest BCUT2D eigenvalue weighted by Crippen LogP contribution is -2.54. The highest BCUT2D eigenvalue weighted by atomic mass is 35.5. The Balaban J connectivity index is 1.47. The summed E-state index contributed by atoms with van der Waals surface area (Å²) in [5.74, 6) is -0.300. The Morgan fingerprint density at radius 2 is 1.96 bits per heavy atom. The van der Waals surface area contributed by atoms with Crippen molar-refractivity contribution in [2.45, 2.75) is 0 Å². The van der Waals surface area contributed by atoms with Crippen LogP contribution in [0.2, 0.25) is 5.02 Å². The summed E-state index contributed by atoms with van der Waals surface area (Å²) in [6, 6.07) is 7.18. The summed E-state index contributed by atoms with van der Waals surface area (Å²) in [5, 5.41) is 0.647. The molecule has 0 saturated carbocycles. The van der Waals surface area contributed by atoms with E-state index in [0.717, 1.165) is 10.5 Å². The molecule has 23 heavy (non-hydrogen) atoms. The molecule has 2 aliphatic heterocycles. The summed E-state index contributed by atoms with van der Waals surface area (Å²) >= 11 is 5.80. The molecule has 2 aliphatic rings. The normalized spacial score (nSPS) is 18.5. The molecule has 2 heterocycles. The van der Waals surface area contributed by atoms with Crippen molar-refractivity contribution in [3.05, 3.63) is 40.9 Å². The number of nitrogens with zero attached hydrogens (tertiary/aromatic N) is 2. The van der Waals surface area contributed by atoms with Crippen LogP contribution in [0.4, 0.5) is 4.79 Å². The Kier molecular flexibility index (Phi) is 4.34. The molecule has 2 fully saturated rings. The van der Waals surface area contributed by atoms with Crippen LogP contribution in [-0.4, -0.2) is 53.9 Å². The number of benzene rings is 1. The number of cyclic esters (lactones) is 1. The number of likely N-dealkylation sites (tertiary alicyclic amines) is 1. The van der Waals surface area contributed by atoms with E-state index in [2.05, 4.69) is 4.74 Å². The molecular weight excluding hydrogens is 320 g/mol. The number of hydrogen-bond acceptors (Lipinski definition) is 4. The SMILES string of the molecule is O=C(/C=C/c1ccc(Cl)cc1)N1CC(CN2C(=O)COC2=O)C1. The van der Waals surface area contributed by atoms with Gasteiger partial charge >= 0.3 is 6.09 Å². The average Bonchev–Trinajstić information content (AvgIpc) is 2.81. The molecule has 0 unspecified atom stereocenters. The third-order valence-corrected chi connectivity index (χ3v) is 4.09. The zero-order valence-electron chi connectivity index (χ0n) is 12.3. The third-order valence-electron chi connectivity index (χ3n) is 3.84. The first-order valence-corrected chi connectivity index (χ1v) is 7.60. The first kappa shape index (κ1) is 15.6. The van der Waals surface area contributed by atoms with Crippen LogP contribution in [0, 0.1) is 5.92 Å². The molecule has 0 aromatic heterocycles. The van der Waals surface area contributed by atoms with Crippen LogP contribution in [0.1, 0.15) is 5.56 Å². The van der Waals surface area contributed by atoms with Crippen molar-refractivity contribution in [1.29, 1.82) is 0 Å². The Morgan fingerprint density at radius 3 is 2.57 bits per heavy atom. The molecule has 0 N–H and O–H groups in total. The molecule has 0 aliphatic carbocycles. The van der Waals surface area contributed by atoms with Crippen LogP contribution >= 0.6 is 11.6 Å². The molecule has 3 amide bonds. The largest absolute Gasteiger partial charge is 0.439 e. The molecule has 1 aromatic carbocycles. The number of carbonyl (C=O) groups excluding carboxylic acids is 3. The van der Waals surface area contributed by atoms with Gasteiger partial charge in [0, 0.05) is 36.7 Å². The number of halogens is 1. The molecule has 6 nitrogen and oxygen atoms in total. The Labute approximate surface area is 138 Å². The van der Waals surface area contributed by atoms with Gasteiger partial charge in [0.25, 0.3) is 5.91 Å². The zero-order valence-corrected chi connectivity index (χ0v) is 13.0. The lowest BCUT2D eigenvalue weighted by molar-refractivity contribution is -0.133. The van der Waals surface area contributed by atoms with E-state index in [1.165, 1.54) is 6.08 Å². The zero-order chi connectivity index (χ0) is 16.4. The smallest absolute Gasteiger partial charge is 0.417 e. The van der Waals surface area contributed by atoms with Gasteiger partial charge in [0.1, 0.15) is 0 Å². The molecule has 0 bridgehead atoms. The van der Waals surface area contributed by atoms with Crippen LogP contribution in [-0.2, 0) is 14.3 Å². The predicted octanol–water partition coefficient (Wildman–Crippen LogP) is 1.79. The van der Waals surface area contributed by atoms with E-state index in [9.17, 15) is 14.4 Å². The molecule has 2 saturated heterocycles. The van der Waals surface area contributed by atoms with Gasteiger partial charge in [-0.2, -0.15) is 0 Å². The van der Waals surface area contributed by atoms with E-state index < -0.39 is 6.09 Å². The molecule has 0 spiro atoms. The Morgan fingerprint density at radius 1 is 1.26 bits per heavy atom. The first-order valence-electron chi connectivity index (χ1n) is 7.22. The maximum atomic E-state index is 12.0. The van der Waals surface area contributed by atoms with Crippen LogP contribution in [0.3, 0.4) is 0 Å². The van der Waals surface area contributed by atoms with E-state index in [0.29, 0.717) is 24.7 Å². The van der Waals surface area contributed by atoms with E-state index >= 15 is 0 Å². The first-order chi connectivity index (χ1) is 11.0. The molecule has 120 valence electrons. The minimum absolute atomic E-state index is 0.0912. The van der Waals surface area contributed by atoms with Crippen molar-refractivity contribution < 1.29 is 19.1 Å². The highest BCUT2D eigenvalue weighted by Gasteiger charge is 2.37. The maximum absolute atomic E-state index is 12.0. The monoisotopic (exact) mass is 334 g/mol. The number of ether oxygens (including phenoxy) is 1. The third kappa shape index (κ3) is 3.53. The number of imide groups is 1. The molecule has 7 heteroatoms. The quantitative estimate of drug-likeness (QED) is 0.787. The minimum atomic E-state index is -0.595. The van der Waals surface area contributed by atoms with Gasteiger partial charge in [-0.3, -0.25) is 9.59 Å². The average molecular weight is 335 g/mol. The predicted molar refractivity (Wildman–Crippen MR) is 83.6 cm³/mol. The summed E-state index contributed by atoms with van der Waals surface area (Å²) in [6.07, 6.45) is 2.64. The topological polar surface area (TPSA) is 66.9 Å².